The molecule has 3 nitrogen and oxygen atoms in total. The molecular weight excluding hydrogens is 236 g/mol. The first-order valence-electron chi connectivity index (χ1n) is 6.78. The number of amides is 1. The first kappa shape index (κ1) is 14.8. The lowest BCUT2D eigenvalue weighted by atomic mass is 9.82. The van der Waals surface area contributed by atoms with Gasteiger partial charge in [0.1, 0.15) is 0 Å². The van der Waals surface area contributed by atoms with Crippen LogP contribution in [0.1, 0.15) is 51.4 Å². The van der Waals surface area contributed by atoms with Crippen LogP contribution >= 0.6 is 12.4 Å². The molecule has 0 bridgehead atoms. The molecule has 2 aliphatic carbocycles. The zero-order chi connectivity index (χ0) is 11.4. The standard InChI is InChI=1S/C13H24N2O.ClH/c14-12-7-2-1-6-11(12)8-13(16)15-9-10-4-3-5-10;/h10-12H,1-9,14H2,(H,15,16);1H. The van der Waals surface area contributed by atoms with Gasteiger partial charge in [-0.15, -0.1) is 12.4 Å². The van der Waals surface area contributed by atoms with E-state index in [0.29, 0.717) is 12.3 Å². The Kier molecular flexibility index (Phi) is 6.28. The van der Waals surface area contributed by atoms with Gasteiger partial charge in [-0.3, -0.25) is 4.79 Å². The number of carbonyl (C=O) groups excluding carboxylic acids is 1. The molecule has 2 rings (SSSR count). The molecule has 2 unspecified atom stereocenters. The highest BCUT2D eigenvalue weighted by molar-refractivity contribution is 5.85. The van der Waals surface area contributed by atoms with E-state index in [-0.39, 0.29) is 24.4 Å². The normalized spacial score (nSPS) is 29.0. The second kappa shape index (κ2) is 7.22. The number of halogens is 1. The molecule has 0 heterocycles. The van der Waals surface area contributed by atoms with Gasteiger partial charge in [-0.25, -0.2) is 0 Å². The summed E-state index contributed by atoms with van der Waals surface area (Å²) < 4.78 is 0. The highest BCUT2D eigenvalue weighted by Gasteiger charge is 2.24. The number of nitrogens with two attached hydrogens (primary N) is 1. The maximum absolute atomic E-state index is 11.7. The maximum Gasteiger partial charge on any atom is 0.220 e. The molecule has 17 heavy (non-hydrogen) atoms. The molecule has 100 valence electrons. The van der Waals surface area contributed by atoms with Crippen LogP contribution in [0.2, 0.25) is 0 Å². The van der Waals surface area contributed by atoms with E-state index in [1.54, 1.807) is 0 Å². The van der Waals surface area contributed by atoms with Gasteiger partial charge >= 0.3 is 0 Å². The average Bonchev–Trinajstić information content (AvgIpc) is 2.19. The summed E-state index contributed by atoms with van der Waals surface area (Å²) in [5.41, 5.74) is 6.04. The quantitative estimate of drug-likeness (QED) is 0.815. The minimum Gasteiger partial charge on any atom is -0.356 e. The molecule has 2 fully saturated rings. The minimum absolute atomic E-state index is 0. The third-order valence-electron chi connectivity index (χ3n) is 4.23. The van der Waals surface area contributed by atoms with Crippen LogP contribution in [-0.2, 0) is 4.79 Å². The predicted molar refractivity (Wildman–Crippen MR) is 72.1 cm³/mol. The molecule has 0 radical (unpaired) electrons. The van der Waals surface area contributed by atoms with E-state index >= 15 is 0 Å². The molecule has 0 spiro atoms. The van der Waals surface area contributed by atoms with Crippen molar-refractivity contribution in [3.05, 3.63) is 0 Å². The zero-order valence-corrected chi connectivity index (χ0v) is 11.3. The Morgan fingerprint density at radius 1 is 1.12 bits per heavy atom. The van der Waals surface area contributed by atoms with E-state index in [4.69, 9.17) is 5.73 Å². The molecule has 0 aromatic heterocycles. The van der Waals surface area contributed by atoms with Crippen LogP contribution in [0.15, 0.2) is 0 Å². The Morgan fingerprint density at radius 3 is 2.41 bits per heavy atom. The smallest absolute Gasteiger partial charge is 0.220 e. The van der Waals surface area contributed by atoms with E-state index in [1.807, 2.05) is 0 Å². The van der Waals surface area contributed by atoms with Crippen molar-refractivity contribution >= 4 is 18.3 Å². The summed E-state index contributed by atoms with van der Waals surface area (Å²) in [7, 11) is 0. The largest absolute Gasteiger partial charge is 0.356 e. The summed E-state index contributed by atoms with van der Waals surface area (Å²) in [6, 6.07) is 0.253. The van der Waals surface area contributed by atoms with Gasteiger partial charge in [0.25, 0.3) is 0 Å². The lowest BCUT2D eigenvalue weighted by Gasteiger charge is -2.29. The van der Waals surface area contributed by atoms with Gasteiger partial charge in [0.05, 0.1) is 0 Å². The van der Waals surface area contributed by atoms with E-state index in [9.17, 15) is 4.79 Å². The van der Waals surface area contributed by atoms with Crippen LogP contribution in [0.5, 0.6) is 0 Å². The van der Waals surface area contributed by atoms with E-state index in [2.05, 4.69) is 5.32 Å². The second-order valence-electron chi connectivity index (χ2n) is 5.51. The molecule has 4 heteroatoms. The van der Waals surface area contributed by atoms with E-state index < -0.39 is 0 Å². The Bertz CT molecular complexity index is 244. The van der Waals surface area contributed by atoms with Crippen LogP contribution in [-0.4, -0.2) is 18.5 Å². The van der Waals surface area contributed by atoms with Crippen LogP contribution in [0.25, 0.3) is 0 Å². The van der Waals surface area contributed by atoms with Gasteiger partial charge in [0.15, 0.2) is 0 Å². The summed E-state index contributed by atoms with van der Waals surface area (Å²) in [6.45, 7) is 0.890. The molecule has 2 saturated carbocycles. The molecule has 0 aliphatic heterocycles. The van der Waals surface area contributed by atoms with Gasteiger partial charge < -0.3 is 11.1 Å². The highest BCUT2D eigenvalue weighted by atomic mass is 35.5. The molecule has 1 amide bonds. The summed E-state index contributed by atoms with van der Waals surface area (Å²) in [4.78, 5) is 11.7. The monoisotopic (exact) mass is 260 g/mol. The number of hydrogen-bond acceptors (Lipinski definition) is 2. The molecular formula is C13H25ClN2O. The Labute approximate surface area is 110 Å². The van der Waals surface area contributed by atoms with Crippen LogP contribution < -0.4 is 11.1 Å². The van der Waals surface area contributed by atoms with Crippen LogP contribution in [0.4, 0.5) is 0 Å². The first-order chi connectivity index (χ1) is 7.75. The lowest BCUT2D eigenvalue weighted by molar-refractivity contribution is -0.122. The number of hydrogen-bond donors (Lipinski definition) is 2. The van der Waals surface area contributed by atoms with Gasteiger partial charge in [0.2, 0.25) is 5.91 Å². The topological polar surface area (TPSA) is 55.1 Å². The van der Waals surface area contributed by atoms with Crippen molar-refractivity contribution in [1.29, 1.82) is 0 Å². The average molecular weight is 261 g/mol. The third-order valence-corrected chi connectivity index (χ3v) is 4.23. The number of nitrogens with one attached hydrogen (secondary N) is 1. The van der Waals surface area contributed by atoms with Crippen molar-refractivity contribution in [2.24, 2.45) is 17.6 Å². The fourth-order valence-corrected chi connectivity index (χ4v) is 2.76. The predicted octanol–water partition coefficient (Wildman–Crippen LogP) is 2.23. The fraction of sp³-hybridized carbons (Fsp3) is 0.923. The summed E-state index contributed by atoms with van der Waals surface area (Å²) in [5, 5.41) is 3.06. The minimum atomic E-state index is 0. The molecule has 0 saturated heterocycles. The number of carbonyl (C=O) groups is 1. The van der Waals surface area contributed by atoms with Gasteiger partial charge in [-0.1, -0.05) is 19.3 Å². The summed E-state index contributed by atoms with van der Waals surface area (Å²) >= 11 is 0. The van der Waals surface area contributed by atoms with E-state index in [0.717, 1.165) is 25.3 Å². The van der Waals surface area contributed by atoms with Crippen molar-refractivity contribution in [1.82, 2.24) is 5.32 Å². The molecule has 2 atom stereocenters. The van der Waals surface area contributed by atoms with Crippen molar-refractivity contribution < 1.29 is 4.79 Å². The number of rotatable bonds is 4. The molecule has 3 N–H and O–H groups in total. The second-order valence-corrected chi connectivity index (χ2v) is 5.51. The van der Waals surface area contributed by atoms with Crippen LogP contribution in [0, 0.1) is 11.8 Å². The summed E-state index contributed by atoms with van der Waals surface area (Å²) in [5.74, 6) is 1.40. The van der Waals surface area contributed by atoms with E-state index in [1.165, 1.54) is 32.1 Å². The third kappa shape index (κ3) is 4.47. The first-order valence-corrected chi connectivity index (χ1v) is 6.78. The molecule has 0 aromatic carbocycles. The molecule has 2 aliphatic rings. The highest BCUT2D eigenvalue weighted by Crippen LogP contribution is 2.27. The van der Waals surface area contributed by atoms with Crippen molar-refractivity contribution in [2.75, 3.05) is 6.54 Å². The fourth-order valence-electron chi connectivity index (χ4n) is 2.76. The Morgan fingerprint density at radius 2 is 1.82 bits per heavy atom. The zero-order valence-electron chi connectivity index (χ0n) is 10.5. The van der Waals surface area contributed by atoms with Crippen molar-refractivity contribution in [3.63, 3.8) is 0 Å². The van der Waals surface area contributed by atoms with Crippen molar-refractivity contribution in [3.8, 4) is 0 Å². The van der Waals surface area contributed by atoms with Gasteiger partial charge in [-0.2, -0.15) is 0 Å². The lowest BCUT2D eigenvalue weighted by Crippen LogP contribution is -2.38. The van der Waals surface area contributed by atoms with Gasteiger partial charge in [-0.05, 0) is 37.5 Å². The Hall–Kier alpha value is -0.280. The Balaban J connectivity index is 0.00000144. The van der Waals surface area contributed by atoms with Crippen molar-refractivity contribution in [2.45, 2.75) is 57.4 Å². The summed E-state index contributed by atoms with van der Waals surface area (Å²) in [6.07, 6.45) is 9.29. The molecule has 0 aromatic rings. The van der Waals surface area contributed by atoms with Gasteiger partial charge in [0, 0.05) is 19.0 Å². The maximum atomic E-state index is 11.7. The van der Waals surface area contributed by atoms with Crippen LogP contribution in [0.3, 0.4) is 0 Å². The SMILES string of the molecule is Cl.NC1CCCCC1CC(=O)NCC1CCC1.